The van der Waals surface area contributed by atoms with E-state index in [1.165, 1.54) is 11.3 Å². The third-order valence-electron chi connectivity index (χ3n) is 2.90. The molecular formula is C14H19N3OS2. The van der Waals surface area contributed by atoms with E-state index in [0.29, 0.717) is 18.0 Å². The SMILES string of the molecule is CCCCNC(=O)CCc1sc(N)nc1-c1cccs1. The van der Waals surface area contributed by atoms with Gasteiger partial charge in [0.1, 0.15) is 0 Å². The molecule has 1 amide bonds. The van der Waals surface area contributed by atoms with Gasteiger partial charge in [0.2, 0.25) is 5.91 Å². The summed E-state index contributed by atoms with van der Waals surface area (Å²) >= 11 is 3.12. The molecule has 0 bridgehead atoms. The lowest BCUT2D eigenvalue weighted by Gasteiger charge is -2.04. The van der Waals surface area contributed by atoms with E-state index in [1.807, 2.05) is 17.5 Å². The molecule has 6 heteroatoms. The van der Waals surface area contributed by atoms with Crippen LogP contribution in [0, 0.1) is 0 Å². The van der Waals surface area contributed by atoms with E-state index >= 15 is 0 Å². The van der Waals surface area contributed by atoms with Gasteiger partial charge in [0, 0.05) is 17.8 Å². The molecule has 108 valence electrons. The number of nitrogens with two attached hydrogens (primary N) is 1. The summed E-state index contributed by atoms with van der Waals surface area (Å²) in [5.74, 6) is 0.0996. The number of thiophene rings is 1. The summed E-state index contributed by atoms with van der Waals surface area (Å²) in [6, 6.07) is 4.03. The summed E-state index contributed by atoms with van der Waals surface area (Å²) in [6.07, 6.45) is 3.30. The van der Waals surface area contributed by atoms with Crippen LogP contribution in [0.15, 0.2) is 17.5 Å². The van der Waals surface area contributed by atoms with Crippen LogP contribution < -0.4 is 11.1 Å². The highest BCUT2D eigenvalue weighted by Gasteiger charge is 2.13. The van der Waals surface area contributed by atoms with Crippen molar-refractivity contribution in [2.75, 3.05) is 12.3 Å². The van der Waals surface area contributed by atoms with Crippen molar-refractivity contribution in [1.82, 2.24) is 10.3 Å². The summed E-state index contributed by atoms with van der Waals surface area (Å²) in [7, 11) is 0. The molecule has 20 heavy (non-hydrogen) atoms. The average Bonchev–Trinajstić information content (AvgIpc) is 3.05. The van der Waals surface area contributed by atoms with Crippen LogP contribution in [-0.2, 0) is 11.2 Å². The Morgan fingerprint density at radius 1 is 1.50 bits per heavy atom. The fourth-order valence-electron chi connectivity index (χ4n) is 1.87. The zero-order valence-corrected chi connectivity index (χ0v) is 13.1. The number of unbranched alkanes of at least 4 members (excludes halogenated alkanes) is 1. The van der Waals surface area contributed by atoms with Gasteiger partial charge in [0.15, 0.2) is 5.13 Å². The quantitative estimate of drug-likeness (QED) is 0.771. The fourth-order valence-corrected chi connectivity index (χ4v) is 3.52. The molecule has 2 aromatic rings. The molecule has 0 aromatic carbocycles. The van der Waals surface area contributed by atoms with Crippen molar-refractivity contribution >= 4 is 33.7 Å². The molecule has 2 heterocycles. The molecule has 0 unspecified atom stereocenters. The third-order valence-corrected chi connectivity index (χ3v) is 4.72. The minimum absolute atomic E-state index is 0.0996. The lowest BCUT2D eigenvalue weighted by atomic mass is 10.2. The predicted octanol–water partition coefficient (Wildman–Crippen LogP) is 3.30. The molecule has 0 aliphatic carbocycles. The molecule has 2 rings (SSSR count). The maximum atomic E-state index is 11.7. The second-order valence-corrected chi connectivity index (χ2v) is 6.57. The summed E-state index contributed by atoms with van der Waals surface area (Å²) < 4.78 is 0. The Balaban J connectivity index is 1.95. The van der Waals surface area contributed by atoms with Gasteiger partial charge in [-0.2, -0.15) is 0 Å². The van der Waals surface area contributed by atoms with Gasteiger partial charge in [-0.1, -0.05) is 19.4 Å². The van der Waals surface area contributed by atoms with Crippen LogP contribution >= 0.6 is 22.7 Å². The number of carbonyl (C=O) groups excluding carboxylic acids is 1. The van der Waals surface area contributed by atoms with Gasteiger partial charge in [0.05, 0.1) is 10.6 Å². The predicted molar refractivity (Wildman–Crippen MR) is 86.1 cm³/mol. The highest BCUT2D eigenvalue weighted by atomic mass is 32.1. The van der Waals surface area contributed by atoms with Crippen molar-refractivity contribution in [1.29, 1.82) is 0 Å². The molecular weight excluding hydrogens is 290 g/mol. The number of thiazole rings is 1. The van der Waals surface area contributed by atoms with E-state index in [-0.39, 0.29) is 5.91 Å². The van der Waals surface area contributed by atoms with Crippen LogP contribution in [0.3, 0.4) is 0 Å². The Labute approximate surface area is 127 Å². The second-order valence-electron chi connectivity index (χ2n) is 4.50. The molecule has 2 aromatic heterocycles. The lowest BCUT2D eigenvalue weighted by Crippen LogP contribution is -2.24. The number of nitrogens with zero attached hydrogens (tertiary/aromatic N) is 1. The molecule has 0 aliphatic rings. The summed E-state index contributed by atoms with van der Waals surface area (Å²) in [5, 5.41) is 5.52. The van der Waals surface area contributed by atoms with Crippen molar-refractivity contribution in [3.8, 4) is 10.6 Å². The van der Waals surface area contributed by atoms with Crippen molar-refractivity contribution in [2.24, 2.45) is 0 Å². The Hall–Kier alpha value is -1.40. The van der Waals surface area contributed by atoms with Crippen LogP contribution in [0.2, 0.25) is 0 Å². The van der Waals surface area contributed by atoms with E-state index in [1.54, 1.807) is 11.3 Å². The second kappa shape index (κ2) is 7.40. The fraction of sp³-hybridized carbons (Fsp3) is 0.429. The van der Waals surface area contributed by atoms with Gasteiger partial charge in [-0.05, 0) is 24.3 Å². The van der Waals surface area contributed by atoms with Gasteiger partial charge >= 0.3 is 0 Å². The molecule has 3 N–H and O–H groups in total. The van der Waals surface area contributed by atoms with E-state index in [4.69, 9.17) is 5.73 Å². The van der Waals surface area contributed by atoms with Gasteiger partial charge in [-0.3, -0.25) is 4.79 Å². The number of hydrogen-bond donors (Lipinski definition) is 2. The summed E-state index contributed by atoms with van der Waals surface area (Å²) in [5.41, 5.74) is 6.74. The first kappa shape index (κ1) is 15.0. The number of nitrogen functional groups attached to an aromatic ring is 1. The average molecular weight is 309 g/mol. The van der Waals surface area contributed by atoms with Crippen molar-refractivity contribution in [2.45, 2.75) is 32.6 Å². The number of anilines is 1. The Kier molecular flexibility index (Phi) is 5.55. The maximum Gasteiger partial charge on any atom is 0.220 e. The van der Waals surface area contributed by atoms with Crippen LogP contribution in [0.5, 0.6) is 0 Å². The van der Waals surface area contributed by atoms with Crippen molar-refractivity contribution in [3.05, 3.63) is 22.4 Å². The number of aromatic nitrogens is 1. The van der Waals surface area contributed by atoms with Crippen LogP contribution in [0.4, 0.5) is 5.13 Å². The molecule has 0 saturated carbocycles. The van der Waals surface area contributed by atoms with E-state index in [0.717, 1.165) is 34.8 Å². The summed E-state index contributed by atoms with van der Waals surface area (Å²) in [6.45, 7) is 2.87. The van der Waals surface area contributed by atoms with Gasteiger partial charge < -0.3 is 11.1 Å². The number of carbonyl (C=O) groups is 1. The minimum atomic E-state index is 0.0996. The standard InChI is InChI=1S/C14H19N3OS2/c1-2-3-8-16-12(18)7-6-11-13(17-14(15)20-11)10-5-4-9-19-10/h4-5,9H,2-3,6-8H2,1H3,(H2,15,17)(H,16,18). The zero-order valence-electron chi connectivity index (χ0n) is 11.5. The first-order chi connectivity index (χ1) is 9.70. The largest absolute Gasteiger partial charge is 0.375 e. The monoisotopic (exact) mass is 309 g/mol. The Morgan fingerprint density at radius 2 is 2.35 bits per heavy atom. The minimum Gasteiger partial charge on any atom is -0.375 e. The van der Waals surface area contributed by atoms with Crippen LogP contribution in [-0.4, -0.2) is 17.4 Å². The number of hydrogen-bond acceptors (Lipinski definition) is 5. The smallest absolute Gasteiger partial charge is 0.220 e. The summed E-state index contributed by atoms with van der Waals surface area (Å²) in [4.78, 5) is 18.3. The first-order valence-corrected chi connectivity index (χ1v) is 8.46. The number of aryl methyl sites for hydroxylation is 1. The number of amides is 1. The van der Waals surface area contributed by atoms with E-state index in [2.05, 4.69) is 17.2 Å². The molecule has 0 atom stereocenters. The van der Waals surface area contributed by atoms with Crippen molar-refractivity contribution in [3.63, 3.8) is 0 Å². The van der Waals surface area contributed by atoms with Crippen molar-refractivity contribution < 1.29 is 4.79 Å². The van der Waals surface area contributed by atoms with Gasteiger partial charge in [0.25, 0.3) is 0 Å². The maximum absolute atomic E-state index is 11.7. The zero-order chi connectivity index (χ0) is 14.4. The molecule has 0 aliphatic heterocycles. The van der Waals surface area contributed by atoms with Gasteiger partial charge in [-0.25, -0.2) is 4.98 Å². The molecule has 0 saturated heterocycles. The molecule has 0 fully saturated rings. The highest BCUT2D eigenvalue weighted by Crippen LogP contribution is 2.33. The number of nitrogens with one attached hydrogen (secondary N) is 1. The highest BCUT2D eigenvalue weighted by molar-refractivity contribution is 7.17. The lowest BCUT2D eigenvalue weighted by molar-refractivity contribution is -0.121. The first-order valence-electron chi connectivity index (χ1n) is 6.76. The van der Waals surface area contributed by atoms with Crippen LogP contribution in [0.25, 0.3) is 10.6 Å². The van der Waals surface area contributed by atoms with E-state index in [9.17, 15) is 4.79 Å². The number of rotatable bonds is 7. The third kappa shape index (κ3) is 4.05. The molecule has 0 spiro atoms. The Bertz CT molecular complexity index is 549. The molecule has 0 radical (unpaired) electrons. The van der Waals surface area contributed by atoms with Crippen LogP contribution in [0.1, 0.15) is 31.1 Å². The molecule has 4 nitrogen and oxygen atoms in total. The van der Waals surface area contributed by atoms with Gasteiger partial charge in [-0.15, -0.1) is 22.7 Å². The Morgan fingerprint density at radius 3 is 3.05 bits per heavy atom. The topological polar surface area (TPSA) is 68.0 Å². The van der Waals surface area contributed by atoms with E-state index < -0.39 is 0 Å². The normalized spacial score (nSPS) is 10.7.